The molecule has 2 N–H and O–H groups in total. The van der Waals surface area contributed by atoms with Crippen LogP contribution >= 0.6 is 0 Å². The molecule has 0 amide bonds. The van der Waals surface area contributed by atoms with Crippen molar-refractivity contribution in [3.05, 3.63) is 17.7 Å². The molecule has 1 spiro atoms. The van der Waals surface area contributed by atoms with E-state index in [0.717, 1.165) is 18.5 Å². The number of nitrogens with two attached hydrogens (primary N) is 1. The molecule has 0 aliphatic carbocycles. The fourth-order valence-electron chi connectivity index (χ4n) is 4.10. The maximum atomic E-state index is 6.08. The molecule has 2 fully saturated rings. The molecule has 1 atom stereocenters. The summed E-state index contributed by atoms with van der Waals surface area (Å²) >= 11 is 0. The molecule has 2 aliphatic heterocycles. The van der Waals surface area contributed by atoms with Crippen LogP contribution in [0.3, 0.4) is 0 Å². The summed E-state index contributed by atoms with van der Waals surface area (Å²) in [5.74, 6) is 1.43. The number of rotatable bonds is 4. The van der Waals surface area contributed by atoms with E-state index in [4.69, 9.17) is 23.7 Å². The Hall–Kier alpha value is -1.50. The summed E-state index contributed by atoms with van der Waals surface area (Å²) < 4.78 is 28.6. The minimum atomic E-state index is -0.521. The van der Waals surface area contributed by atoms with Gasteiger partial charge in [-0.15, -0.1) is 0 Å². The highest BCUT2D eigenvalue weighted by Crippen LogP contribution is 2.50. The van der Waals surface area contributed by atoms with Crippen LogP contribution in [0.5, 0.6) is 17.2 Å². The first-order valence-corrected chi connectivity index (χ1v) is 8.40. The Morgan fingerprint density at radius 3 is 2.08 bits per heavy atom. The van der Waals surface area contributed by atoms with Crippen molar-refractivity contribution in [3.8, 4) is 17.2 Å². The monoisotopic (exact) mass is 338 g/mol. The fraction of sp³-hybridized carbons (Fsp3) is 0.667. The van der Waals surface area contributed by atoms with E-state index in [2.05, 4.69) is 19.2 Å². The molecule has 0 bridgehead atoms. The molecule has 134 valence electrons. The third kappa shape index (κ3) is 2.53. The van der Waals surface area contributed by atoms with Crippen molar-refractivity contribution in [2.45, 2.75) is 32.1 Å². The van der Waals surface area contributed by atoms with Gasteiger partial charge in [-0.05, 0) is 26.0 Å². The molecule has 2 saturated heterocycles. The van der Waals surface area contributed by atoms with E-state index in [1.807, 2.05) is 12.1 Å². The van der Waals surface area contributed by atoms with Crippen LogP contribution in [-0.4, -0.2) is 46.9 Å². The molecular formula is C18H28NO5+. The zero-order valence-corrected chi connectivity index (χ0v) is 15.2. The molecule has 2 aliphatic rings. The van der Waals surface area contributed by atoms with Gasteiger partial charge in [-0.3, -0.25) is 0 Å². The molecule has 0 saturated carbocycles. The van der Waals surface area contributed by atoms with Gasteiger partial charge in [-0.1, -0.05) is 0 Å². The number of piperidine rings is 1. The molecule has 6 nitrogen and oxygen atoms in total. The van der Waals surface area contributed by atoms with Gasteiger partial charge in [-0.2, -0.15) is 0 Å². The predicted octanol–water partition coefficient (Wildman–Crippen LogP) is 1.49. The standard InChI is InChI=1S/C18H27NO5/c1-17(2)16(19-7-6-18(17)23-8-9-24-18)12-10-13(20-3)15(22-5)14(11-12)21-4/h10-11,16,19H,6-9H2,1-5H3/p+1/t16-/m1/s1. The van der Waals surface area contributed by atoms with Crippen molar-refractivity contribution in [1.29, 1.82) is 0 Å². The Bertz CT molecular complexity index is 570. The summed E-state index contributed by atoms with van der Waals surface area (Å²) in [7, 11) is 4.90. The van der Waals surface area contributed by atoms with Gasteiger partial charge in [0.15, 0.2) is 17.3 Å². The Morgan fingerprint density at radius 2 is 1.58 bits per heavy atom. The van der Waals surface area contributed by atoms with Gasteiger partial charge in [0.05, 0.1) is 52.9 Å². The van der Waals surface area contributed by atoms with Crippen molar-refractivity contribution >= 4 is 0 Å². The first kappa shape index (κ1) is 17.3. The third-order valence-electron chi connectivity index (χ3n) is 5.43. The van der Waals surface area contributed by atoms with Crippen LogP contribution < -0.4 is 19.5 Å². The minimum absolute atomic E-state index is 0.165. The smallest absolute Gasteiger partial charge is 0.203 e. The number of hydrogen-bond acceptors (Lipinski definition) is 5. The highest BCUT2D eigenvalue weighted by Gasteiger charge is 2.59. The summed E-state index contributed by atoms with van der Waals surface area (Å²) in [6.45, 7) is 6.69. The van der Waals surface area contributed by atoms with E-state index in [1.165, 1.54) is 0 Å². The van der Waals surface area contributed by atoms with Crippen LogP contribution in [-0.2, 0) is 9.47 Å². The lowest BCUT2D eigenvalue weighted by Gasteiger charge is -2.48. The second-order valence-electron chi connectivity index (χ2n) is 6.88. The van der Waals surface area contributed by atoms with E-state index < -0.39 is 5.79 Å². The average molecular weight is 338 g/mol. The zero-order valence-electron chi connectivity index (χ0n) is 15.2. The molecule has 6 heteroatoms. The second kappa shape index (κ2) is 6.43. The normalized spacial score (nSPS) is 24.8. The summed E-state index contributed by atoms with van der Waals surface area (Å²) in [6.07, 6.45) is 0.890. The largest absolute Gasteiger partial charge is 0.493 e. The molecule has 0 unspecified atom stereocenters. The summed E-state index contributed by atoms with van der Waals surface area (Å²) in [5.41, 5.74) is 0.916. The molecule has 0 radical (unpaired) electrons. The highest BCUT2D eigenvalue weighted by atomic mass is 16.7. The Balaban J connectivity index is 2.04. The van der Waals surface area contributed by atoms with Crippen molar-refractivity contribution in [2.75, 3.05) is 41.1 Å². The third-order valence-corrected chi connectivity index (χ3v) is 5.43. The minimum Gasteiger partial charge on any atom is -0.493 e. The lowest BCUT2D eigenvalue weighted by Crippen LogP contribution is -2.92. The molecular weight excluding hydrogens is 310 g/mol. The molecule has 2 heterocycles. The Kier molecular flexibility index (Phi) is 4.64. The summed E-state index contributed by atoms with van der Waals surface area (Å²) in [5, 5.41) is 2.34. The van der Waals surface area contributed by atoms with Gasteiger partial charge >= 0.3 is 0 Å². The highest BCUT2D eigenvalue weighted by molar-refractivity contribution is 5.54. The molecule has 3 rings (SSSR count). The van der Waals surface area contributed by atoms with Gasteiger partial charge in [0.2, 0.25) is 5.75 Å². The van der Waals surface area contributed by atoms with Crippen LogP contribution in [0.2, 0.25) is 0 Å². The lowest BCUT2D eigenvalue weighted by molar-refractivity contribution is -0.732. The number of quaternary nitrogens is 1. The maximum absolute atomic E-state index is 6.08. The van der Waals surface area contributed by atoms with E-state index in [0.29, 0.717) is 30.5 Å². The number of benzene rings is 1. The van der Waals surface area contributed by atoms with Gasteiger partial charge in [0.25, 0.3) is 0 Å². The molecule has 1 aromatic carbocycles. The van der Waals surface area contributed by atoms with Gasteiger partial charge in [0, 0.05) is 5.56 Å². The van der Waals surface area contributed by atoms with Gasteiger partial charge < -0.3 is 29.0 Å². The summed E-state index contributed by atoms with van der Waals surface area (Å²) in [4.78, 5) is 0. The quantitative estimate of drug-likeness (QED) is 0.901. The number of methoxy groups -OCH3 is 3. The topological polar surface area (TPSA) is 62.8 Å². The van der Waals surface area contributed by atoms with E-state index in [9.17, 15) is 0 Å². The van der Waals surface area contributed by atoms with E-state index in [-0.39, 0.29) is 11.5 Å². The average Bonchev–Trinajstić information content (AvgIpc) is 3.06. The maximum Gasteiger partial charge on any atom is 0.203 e. The fourth-order valence-corrected chi connectivity index (χ4v) is 4.10. The molecule has 0 aromatic heterocycles. The van der Waals surface area contributed by atoms with E-state index in [1.54, 1.807) is 21.3 Å². The van der Waals surface area contributed by atoms with Crippen LogP contribution in [0.4, 0.5) is 0 Å². The van der Waals surface area contributed by atoms with Crippen LogP contribution in [0, 0.1) is 5.41 Å². The van der Waals surface area contributed by atoms with Crippen LogP contribution in [0.1, 0.15) is 31.9 Å². The van der Waals surface area contributed by atoms with E-state index >= 15 is 0 Å². The summed E-state index contributed by atoms with van der Waals surface area (Å²) in [6, 6.07) is 4.22. The molecule has 1 aromatic rings. The van der Waals surface area contributed by atoms with Gasteiger partial charge in [0.1, 0.15) is 6.04 Å². The molecule has 24 heavy (non-hydrogen) atoms. The van der Waals surface area contributed by atoms with Crippen LogP contribution in [0.25, 0.3) is 0 Å². The number of hydrogen-bond donors (Lipinski definition) is 1. The zero-order chi connectivity index (χ0) is 17.4. The van der Waals surface area contributed by atoms with Crippen molar-refractivity contribution < 1.29 is 29.0 Å². The Labute approximate surface area is 143 Å². The Morgan fingerprint density at radius 1 is 1.00 bits per heavy atom. The van der Waals surface area contributed by atoms with Crippen LogP contribution in [0.15, 0.2) is 12.1 Å². The first-order valence-electron chi connectivity index (χ1n) is 8.40. The second-order valence-corrected chi connectivity index (χ2v) is 6.88. The predicted molar refractivity (Wildman–Crippen MR) is 88.7 cm³/mol. The lowest BCUT2D eigenvalue weighted by atomic mass is 9.70. The van der Waals surface area contributed by atoms with Crippen molar-refractivity contribution in [1.82, 2.24) is 0 Å². The van der Waals surface area contributed by atoms with Gasteiger partial charge in [-0.25, -0.2) is 0 Å². The van der Waals surface area contributed by atoms with Crippen molar-refractivity contribution in [2.24, 2.45) is 5.41 Å². The SMILES string of the molecule is COc1cc([C@H]2[NH2+]CCC3(OCCO3)C2(C)C)cc(OC)c1OC. The first-order chi connectivity index (χ1) is 11.5. The number of ether oxygens (including phenoxy) is 5. The van der Waals surface area contributed by atoms with Crippen molar-refractivity contribution in [3.63, 3.8) is 0 Å².